The summed E-state index contributed by atoms with van der Waals surface area (Å²) in [6.45, 7) is 4.92. The van der Waals surface area contributed by atoms with Crippen molar-refractivity contribution in [2.45, 2.75) is 31.5 Å². The summed E-state index contributed by atoms with van der Waals surface area (Å²) in [5.41, 5.74) is 7.45. The second kappa shape index (κ2) is 5.80. The maximum absolute atomic E-state index is 6.08. The molecule has 2 unspecified atom stereocenters. The zero-order valence-electron chi connectivity index (χ0n) is 12.1. The Balaban J connectivity index is 2.09. The van der Waals surface area contributed by atoms with Gasteiger partial charge in [-0.2, -0.15) is 0 Å². The van der Waals surface area contributed by atoms with Gasteiger partial charge in [0.25, 0.3) is 0 Å². The van der Waals surface area contributed by atoms with E-state index >= 15 is 0 Å². The first-order valence-electron chi connectivity index (χ1n) is 6.83. The summed E-state index contributed by atoms with van der Waals surface area (Å²) >= 11 is 5.93. The number of halogens is 1. The number of likely N-dealkylation sites (tertiary alicyclic amines) is 1. The molecule has 19 heavy (non-hydrogen) atoms. The molecule has 1 aliphatic rings. The fourth-order valence-corrected chi connectivity index (χ4v) is 3.13. The highest BCUT2D eigenvalue weighted by Gasteiger charge is 2.42. The van der Waals surface area contributed by atoms with Gasteiger partial charge in [0.15, 0.2) is 0 Å². The van der Waals surface area contributed by atoms with E-state index in [9.17, 15) is 0 Å². The van der Waals surface area contributed by atoms with E-state index in [2.05, 4.69) is 43.0 Å². The minimum Gasteiger partial charge on any atom is -0.329 e. The quantitative estimate of drug-likeness (QED) is 0.918. The number of benzene rings is 1. The third-order valence-corrected chi connectivity index (χ3v) is 4.75. The van der Waals surface area contributed by atoms with Crippen molar-refractivity contribution in [3.05, 3.63) is 34.9 Å². The van der Waals surface area contributed by atoms with Gasteiger partial charge in [0.1, 0.15) is 0 Å². The van der Waals surface area contributed by atoms with Crippen LogP contribution in [0.25, 0.3) is 0 Å². The predicted molar refractivity (Wildman–Crippen MR) is 81.4 cm³/mol. The van der Waals surface area contributed by atoms with Crippen LogP contribution in [-0.2, 0) is 6.54 Å². The molecule has 0 amide bonds. The number of nitrogens with two attached hydrogens (primary N) is 1. The molecule has 1 aromatic rings. The zero-order chi connectivity index (χ0) is 14.0. The van der Waals surface area contributed by atoms with Gasteiger partial charge in [-0.15, -0.1) is 0 Å². The number of hydrogen-bond donors (Lipinski definition) is 1. The monoisotopic (exact) mass is 281 g/mol. The molecule has 1 aromatic carbocycles. The fourth-order valence-electron chi connectivity index (χ4n) is 3.00. The van der Waals surface area contributed by atoms with Crippen LogP contribution < -0.4 is 5.73 Å². The lowest BCUT2D eigenvalue weighted by molar-refractivity contribution is 0.126. The van der Waals surface area contributed by atoms with Crippen molar-refractivity contribution in [1.29, 1.82) is 0 Å². The summed E-state index contributed by atoms with van der Waals surface area (Å²) in [7, 11) is 4.35. The lowest BCUT2D eigenvalue weighted by Gasteiger charge is -2.38. The summed E-state index contributed by atoms with van der Waals surface area (Å²) in [6, 6.07) is 8.67. The highest BCUT2D eigenvalue weighted by Crippen LogP contribution is 2.30. The lowest BCUT2D eigenvalue weighted by Crippen LogP contribution is -2.53. The Hall–Kier alpha value is -0.610. The Labute approximate surface area is 121 Å². The number of rotatable bonds is 4. The van der Waals surface area contributed by atoms with Crippen LogP contribution in [0.5, 0.6) is 0 Å². The molecule has 3 nitrogen and oxygen atoms in total. The summed E-state index contributed by atoms with van der Waals surface area (Å²) in [4.78, 5) is 4.79. The summed E-state index contributed by atoms with van der Waals surface area (Å²) in [6.07, 6.45) is 1.13. The molecule has 0 bridgehead atoms. The second-order valence-corrected chi connectivity index (χ2v) is 6.32. The average molecular weight is 282 g/mol. The Morgan fingerprint density at radius 3 is 2.53 bits per heavy atom. The van der Waals surface area contributed by atoms with Crippen molar-refractivity contribution in [1.82, 2.24) is 9.80 Å². The van der Waals surface area contributed by atoms with Crippen molar-refractivity contribution in [3.63, 3.8) is 0 Å². The number of likely N-dealkylation sites (N-methyl/N-ethyl adjacent to an activating group) is 2. The molecule has 4 heteroatoms. The van der Waals surface area contributed by atoms with Gasteiger partial charge in [0, 0.05) is 36.2 Å². The van der Waals surface area contributed by atoms with Gasteiger partial charge in [-0.3, -0.25) is 4.90 Å². The molecule has 0 saturated carbocycles. The van der Waals surface area contributed by atoms with Gasteiger partial charge in [-0.1, -0.05) is 23.7 Å². The van der Waals surface area contributed by atoms with E-state index in [1.165, 1.54) is 5.56 Å². The molecule has 1 saturated heterocycles. The molecule has 2 atom stereocenters. The highest BCUT2D eigenvalue weighted by atomic mass is 35.5. The predicted octanol–water partition coefficient (Wildman–Crippen LogP) is 2.19. The molecule has 0 radical (unpaired) electrons. The van der Waals surface area contributed by atoms with E-state index in [0.717, 1.165) is 24.5 Å². The van der Waals surface area contributed by atoms with E-state index in [1.54, 1.807) is 0 Å². The Kier molecular flexibility index (Phi) is 4.51. The van der Waals surface area contributed by atoms with Crippen molar-refractivity contribution in [2.24, 2.45) is 5.73 Å². The Morgan fingerprint density at radius 2 is 2.05 bits per heavy atom. The third-order valence-electron chi connectivity index (χ3n) is 4.49. The maximum atomic E-state index is 6.08. The molecule has 0 aliphatic carbocycles. The first kappa shape index (κ1) is 14.8. The molecule has 1 heterocycles. The zero-order valence-corrected chi connectivity index (χ0v) is 12.8. The molecule has 1 aliphatic heterocycles. The largest absolute Gasteiger partial charge is 0.329 e. The van der Waals surface area contributed by atoms with Gasteiger partial charge in [0.2, 0.25) is 0 Å². The van der Waals surface area contributed by atoms with E-state index in [0.29, 0.717) is 12.6 Å². The Bertz CT molecular complexity index is 408. The summed E-state index contributed by atoms with van der Waals surface area (Å²) < 4.78 is 0. The van der Waals surface area contributed by atoms with Gasteiger partial charge in [0.05, 0.1) is 0 Å². The second-order valence-electron chi connectivity index (χ2n) is 5.88. The molecular weight excluding hydrogens is 258 g/mol. The minimum absolute atomic E-state index is 0.0911. The van der Waals surface area contributed by atoms with Crippen LogP contribution in [0.3, 0.4) is 0 Å². The molecule has 2 N–H and O–H groups in total. The molecule has 1 fully saturated rings. The van der Waals surface area contributed by atoms with Crippen molar-refractivity contribution in [2.75, 3.05) is 27.2 Å². The Morgan fingerprint density at radius 1 is 1.42 bits per heavy atom. The van der Waals surface area contributed by atoms with Gasteiger partial charge < -0.3 is 10.6 Å². The molecule has 106 valence electrons. The topological polar surface area (TPSA) is 32.5 Å². The third kappa shape index (κ3) is 3.11. The van der Waals surface area contributed by atoms with Crippen LogP contribution in [0.15, 0.2) is 24.3 Å². The van der Waals surface area contributed by atoms with Crippen LogP contribution in [0.4, 0.5) is 0 Å². The first-order chi connectivity index (χ1) is 8.97. The average Bonchev–Trinajstić information content (AvgIpc) is 2.69. The standard InChI is InChI=1S/C15H24ClN3/c1-12-8-15(10-17,11-18(12)2)19(3)9-13-4-6-14(16)7-5-13/h4-7,12H,8-11,17H2,1-3H3. The van der Waals surface area contributed by atoms with Crippen LogP contribution in [0, 0.1) is 0 Å². The van der Waals surface area contributed by atoms with Crippen LogP contribution in [0.2, 0.25) is 5.02 Å². The molecule has 2 rings (SSSR count). The maximum Gasteiger partial charge on any atom is 0.0473 e. The molecule has 0 aromatic heterocycles. The van der Waals surface area contributed by atoms with Gasteiger partial charge in [-0.25, -0.2) is 0 Å². The van der Waals surface area contributed by atoms with E-state index in [4.69, 9.17) is 17.3 Å². The van der Waals surface area contributed by atoms with Gasteiger partial charge in [-0.05, 0) is 45.1 Å². The van der Waals surface area contributed by atoms with E-state index in [-0.39, 0.29) is 5.54 Å². The van der Waals surface area contributed by atoms with Crippen LogP contribution in [-0.4, -0.2) is 48.6 Å². The normalized spacial score (nSPS) is 28.2. The number of hydrogen-bond acceptors (Lipinski definition) is 3. The molecular formula is C15H24ClN3. The SMILES string of the molecule is CC1CC(CN)(N(C)Cc2ccc(Cl)cc2)CN1C. The summed E-state index contributed by atoms with van der Waals surface area (Å²) in [5.74, 6) is 0. The lowest BCUT2D eigenvalue weighted by atomic mass is 9.94. The summed E-state index contributed by atoms with van der Waals surface area (Å²) in [5, 5.41) is 0.786. The van der Waals surface area contributed by atoms with Crippen molar-refractivity contribution in [3.8, 4) is 0 Å². The fraction of sp³-hybridized carbons (Fsp3) is 0.600. The van der Waals surface area contributed by atoms with Crippen LogP contribution in [0.1, 0.15) is 18.9 Å². The number of nitrogens with zero attached hydrogens (tertiary/aromatic N) is 2. The molecule has 0 spiro atoms. The van der Waals surface area contributed by atoms with Crippen molar-refractivity contribution < 1.29 is 0 Å². The van der Waals surface area contributed by atoms with Gasteiger partial charge >= 0.3 is 0 Å². The smallest absolute Gasteiger partial charge is 0.0473 e. The van der Waals surface area contributed by atoms with E-state index < -0.39 is 0 Å². The first-order valence-corrected chi connectivity index (χ1v) is 7.21. The van der Waals surface area contributed by atoms with E-state index in [1.807, 2.05) is 12.1 Å². The highest BCUT2D eigenvalue weighted by molar-refractivity contribution is 6.30. The minimum atomic E-state index is 0.0911. The van der Waals surface area contributed by atoms with Crippen LogP contribution >= 0.6 is 11.6 Å². The van der Waals surface area contributed by atoms with Crippen molar-refractivity contribution >= 4 is 11.6 Å².